The molecule has 6 heteroatoms. The van der Waals surface area contributed by atoms with E-state index in [1.807, 2.05) is 18.2 Å². The third-order valence-electron chi connectivity index (χ3n) is 6.81. The van der Waals surface area contributed by atoms with Gasteiger partial charge in [-0.3, -0.25) is 5.01 Å². The van der Waals surface area contributed by atoms with Crippen LogP contribution in [0.1, 0.15) is 53.6 Å². The van der Waals surface area contributed by atoms with Crippen molar-refractivity contribution in [3.05, 3.63) is 69.5 Å². The van der Waals surface area contributed by atoms with Gasteiger partial charge in [0.25, 0.3) is 0 Å². The van der Waals surface area contributed by atoms with Gasteiger partial charge in [0.15, 0.2) is 0 Å². The molecular weight excluding hydrogens is 398 g/mol. The molecule has 1 fully saturated rings. The van der Waals surface area contributed by atoms with Gasteiger partial charge in [-0.15, -0.1) is 0 Å². The third kappa shape index (κ3) is 3.07. The molecule has 0 spiro atoms. The fourth-order valence-electron chi connectivity index (χ4n) is 5.43. The first-order valence-corrected chi connectivity index (χ1v) is 10.9. The third-order valence-corrected chi connectivity index (χ3v) is 7.12. The molecule has 3 aliphatic rings. The maximum absolute atomic E-state index is 11.4. The lowest BCUT2D eigenvalue weighted by atomic mass is 9.75. The molecule has 0 saturated heterocycles. The molecular formula is C24H22ClN3O2. The predicted molar refractivity (Wildman–Crippen MR) is 118 cm³/mol. The maximum Gasteiger partial charge on any atom is 0.335 e. The Morgan fingerprint density at radius 1 is 1.17 bits per heavy atom. The van der Waals surface area contributed by atoms with Crippen LogP contribution in [0.5, 0.6) is 0 Å². The van der Waals surface area contributed by atoms with E-state index in [1.165, 1.54) is 25.7 Å². The van der Waals surface area contributed by atoms with E-state index >= 15 is 0 Å². The molecule has 1 N–H and O–H groups in total. The average molecular weight is 420 g/mol. The highest BCUT2D eigenvalue weighted by Gasteiger charge is 2.45. The number of hydrogen-bond donors (Lipinski definition) is 1. The first-order valence-electron chi connectivity index (χ1n) is 10.5. The van der Waals surface area contributed by atoms with Crippen LogP contribution in [0.2, 0.25) is 5.02 Å². The van der Waals surface area contributed by atoms with Crippen molar-refractivity contribution in [3.8, 4) is 0 Å². The maximum atomic E-state index is 11.4. The molecule has 2 aliphatic carbocycles. The lowest BCUT2D eigenvalue weighted by Crippen LogP contribution is -2.40. The Hall–Kier alpha value is -2.84. The van der Waals surface area contributed by atoms with E-state index in [9.17, 15) is 9.90 Å². The highest BCUT2D eigenvalue weighted by Crippen LogP contribution is 2.45. The van der Waals surface area contributed by atoms with Crippen LogP contribution in [0.4, 0.5) is 11.4 Å². The van der Waals surface area contributed by atoms with E-state index in [4.69, 9.17) is 23.3 Å². The average Bonchev–Trinajstić information content (AvgIpc) is 3.40. The lowest BCUT2D eigenvalue weighted by Gasteiger charge is -2.34. The summed E-state index contributed by atoms with van der Waals surface area (Å²) in [5.74, 6) is 0.0132. The minimum Gasteiger partial charge on any atom is -0.478 e. The number of anilines is 1. The monoisotopic (exact) mass is 419 g/mol. The van der Waals surface area contributed by atoms with Crippen LogP contribution in [-0.2, 0) is 6.42 Å². The summed E-state index contributed by atoms with van der Waals surface area (Å²) in [7, 11) is 0. The number of fused-ring (bicyclic) bond motifs is 3. The summed E-state index contributed by atoms with van der Waals surface area (Å²) in [6.45, 7) is 7.26. The fraction of sp³-hybridized carbons (Fsp3) is 0.375. The molecule has 2 aromatic rings. The Labute approximate surface area is 180 Å². The van der Waals surface area contributed by atoms with Gasteiger partial charge in [0, 0.05) is 16.5 Å². The summed E-state index contributed by atoms with van der Waals surface area (Å²) in [6, 6.07) is 11.2. The van der Waals surface area contributed by atoms with Crippen LogP contribution >= 0.6 is 11.6 Å². The van der Waals surface area contributed by atoms with Gasteiger partial charge in [0.1, 0.15) is 0 Å². The predicted octanol–water partition coefficient (Wildman–Crippen LogP) is 5.93. The number of hydrogen-bond acceptors (Lipinski definition) is 3. The second-order valence-corrected chi connectivity index (χ2v) is 8.84. The molecule has 152 valence electrons. The van der Waals surface area contributed by atoms with Gasteiger partial charge in [-0.05, 0) is 61.4 Å². The summed E-state index contributed by atoms with van der Waals surface area (Å²) in [5, 5.41) is 17.0. The first-order chi connectivity index (χ1) is 14.6. The molecule has 0 radical (unpaired) electrons. The number of rotatable bonds is 3. The van der Waals surface area contributed by atoms with Crippen LogP contribution in [0.15, 0.2) is 41.5 Å². The quantitative estimate of drug-likeness (QED) is 0.627. The number of aryl methyl sites for hydroxylation is 1. The molecule has 1 saturated carbocycles. The van der Waals surface area contributed by atoms with Crippen molar-refractivity contribution in [1.82, 2.24) is 0 Å². The highest BCUT2D eigenvalue weighted by atomic mass is 35.5. The summed E-state index contributed by atoms with van der Waals surface area (Å²) < 4.78 is 0. The van der Waals surface area contributed by atoms with Crippen molar-refractivity contribution < 1.29 is 9.90 Å². The topological polar surface area (TPSA) is 57.3 Å². The number of nitrogens with zero attached hydrogens (tertiary/aromatic N) is 3. The zero-order valence-corrected chi connectivity index (χ0v) is 17.3. The zero-order valence-electron chi connectivity index (χ0n) is 16.5. The summed E-state index contributed by atoms with van der Waals surface area (Å²) >= 11 is 6.35. The highest BCUT2D eigenvalue weighted by molar-refractivity contribution is 6.33. The molecule has 1 heterocycles. The van der Waals surface area contributed by atoms with Crippen molar-refractivity contribution in [2.75, 3.05) is 5.01 Å². The number of carboxylic acids is 1. The SMILES string of the molecule is [C-]#[N+]c1ccc(N2N=C3c4ccc(C(=O)O)cc4CC[C@@H]3C2C2CCCC2)cc1Cl. The van der Waals surface area contributed by atoms with Crippen LogP contribution in [0.3, 0.4) is 0 Å². The van der Waals surface area contributed by atoms with Gasteiger partial charge in [-0.25, -0.2) is 9.64 Å². The minimum atomic E-state index is -0.895. The van der Waals surface area contributed by atoms with Crippen molar-refractivity contribution in [2.24, 2.45) is 16.9 Å². The lowest BCUT2D eigenvalue weighted by molar-refractivity contribution is 0.0696. The number of carbonyl (C=O) groups is 1. The van der Waals surface area contributed by atoms with Crippen LogP contribution in [-0.4, -0.2) is 22.8 Å². The van der Waals surface area contributed by atoms with Gasteiger partial charge in [-0.2, -0.15) is 5.10 Å². The first kappa shape index (κ1) is 19.1. The van der Waals surface area contributed by atoms with Crippen molar-refractivity contribution in [1.29, 1.82) is 0 Å². The van der Waals surface area contributed by atoms with Crippen LogP contribution < -0.4 is 5.01 Å². The van der Waals surface area contributed by atoms with Gasteiger partial charge in [0.2, 0.25) is 5.69 Å². The smallest absolute Gasteiger partial charge is 0.335 e. The number of aromatic carboxylic acids is 1. The van der Waals surface area contributed by atoms with Crippen molar-refractivity contribution in [2.45, 2.75) is 44.6 Å². The van der Waals surface area contributed by atoms with Crippen molar-refractivity contribution in [3.63, 3.8) is 0 Å². The molecule has 5 rings (SSSR count). The molecule has 0 aromatic heterocycles. The van der Waals surface area contributed by atoms with Gasteiger partial charge in [0.05, 0.1) is 29.6 Å². The van der Waals surface area contributed by atoms with E-state index < -0.39 is 5.97 Å². The minimum absolute atomic E-state index is 0.282. The second-order valence-electron chi connectivity index (χ2n) is 8.43. The zero-order chi connectivity index (χ0) is 20.8. The van der Waals surface area contributed by atoms with E-state index in [0.29, 0.717) is 28.1 Å². The number of hydrazone groups is 1. The van der Waals surface area contributed by atoms with Gasteiger partial charge < -0.3 is 5.11 Å². The van der Waals surface area contributed by atoms with E-state index in [0.717, 1.165) is 35.4 Å². The summed E-state index contributed by atoms with van der Waals surface area (Å²) in [4.78, 5) is 14.9. The molecule has 2 aromatic carbocycles. The van der Waals surface area contributed by atoms with Gasteiger partial charge in [-0.1, -0.05) is 36.6 Å². The molecule has 1 unspecified atom stereocenters. The number of halogens is 1. The standard InChI is InChI=1S/C24H22ClN3O2/c1-26-21-11-8-17(13-20(21)25)28-23(14-4-2-3-5-14)19-10-6-15-12-16(24(29)30)7-9-18(15)22(19)27-28/h7-9,11-14,19,23H,2-6,10H2,(H,29,30)/t19-,23?/m0/s1. The Bertz CT molecular complexity index is 1100. The molecule has 1 aliphatic heterocycles. The van der Waals surface area contributed by atoms with E-state index in [-0.39, 0.29) is 6.04 Å². The Kier molecular flexibility index (Phi) is 4.75. The molecule has 2 atom stereocenters. The normalized spacial score (nSPS) is 22.9. The van der Waals surface area contributed by atoms with Crippen LogP contribution in [0, 0.1) is 18.4 Å². The number of benzene rings is 2. The van der Waals surface area contributed by atoms with Crippen LogP contribution in [0.25, 0.3) is 4.85 Å². The largest absolute Gasteiger partial charge is 0.478 e. The van der Waals surface area contributed by atoms with E-state index in [1.54, 1.807) is 18.2 Å². The molecule has 30 heavy (non-hydrogen) atoms. The fourth-order valence-corrected chi connectivity index (χ4v) is 5.65. The van der Waals surface area contributed by atoms with E-state index in [2.05, 4.69) is 9.85 Å². The molecule has 5 nitrogen and oxygen atoms in total. The second kappa shape index (κ2) is 7.45. The molecule has 0 bridgehead atoms. The summed E-state index contributed by atoms with van der Waals surface area (Å²) in [5.41, 5.74) is 4.92. The summed E-state index contributed by atoms with van der Waals surface area (Å²) in [6.07, 6.45) is 6.77. The molecule has 0 amide bonds. The van der Waals surface area contributed by atoms with Gasteiger partial charge >= 0.3 is 5.97 Å². The Morgan fingerprint density at radius 2 is 1.97 bits per heavy atom. The number of carboxylic acid groups (broad SMARTS) is 1. The Balaban J connectivity index is 1.59. The Morgan fingerprint density at radius 3 is 2.67 bits per heavy atom. The van der Waals surface area contributed by atoms with Crippen molar-refractivity contribution >= 4 is 34.7 Å².